The summed E-state index contributed by atoms with van der Waals surface area (Å²) in [6.07, 6.45) is 1.69. The number of thioether (sulfide) groups is 1. The van der Waals surface area contributed by atoms with Crippen molar-refractivity contribution in [3.8, 4) is 6.07 Å². The Hall–Kier alpha value is -4.49. The summed E-state index contributed by atoms with van der Waals surface area (Å²) < 4.78 is 5.06. The van der Waals surface area contributed by atoms with Crippen molar-refractivity contribution >= 4 is 40.8 Å². The van der Waals surface area contributed by atoms with Gasteiger partial charge < -0.3 is 10.1 Å². The van der Waals surface area contributed by atoms with Gasteiger partial charge >= 0.3 is 5.97 Å². The Morgan fingerprint density at radius 2 is 1.79 bits per heavy atom. The number of carbonyl (C=O) groups excluding carboxylic acids is 3. The summed E-state index contributed by atoms with van der Waals surface area (Å²) in [6.45, 7) is -0.619. The van der Waals surface area contributed by atoms with E-state index in [1.54, 1.807) is 30.5 Å². The fourth-order valence-corrected chi connectivity index (χ4v) is 3.61. The lowest BCUT2D eigenvalue weighted by molar-refractivity contribution is -0.387. The van der Waals surface area contributed by atoms with Gasteiger partial charge in [-0.15, -0.1) is 11.8 Å². The number of nitro benzene ring substituents is 1. The number of carbonyl (C=O) groups is 3. The number of esters is 1. The molecule has 34 heavy (non-hydrogen) atoms. The molecule has 0 aromatic heterocycles. The molecule has 0 bridgehead atoms. The van der Waals surface area contributed by atoms with Gasteiger partial charge in [0.25, 0.3) is 11.6 Å². The molecule has 0 radical (unpaired) electrons. The summed E-state index contributed by atoms with van der Waals surface area (Å²) in [5.41, 5.74) is 0.457. The van der Waals surface area contributed by atoms with Crippen molar-refractivity contribution in [1.82, 2.24) is 0 Å². The lowest BCUT2D eigenvalue weighted by Crippen LogP contribution is -2.22. The first-order valence-corrected chi connectivity index (χ1v) is 11.0. The number of nitro groups is 1. The van der Waals surface area contributed by atoms with Crippen LogP contribution >= 0.6 is 11.8 Å². The smallest absolute Gasteiger partial charge is 0.339 e. The maximum Gasteiger partial charge on any atom is 0.339 e. The van der Waals surface area contributed by atoms with Gasteiger partial charge in [0.15, 0.2) is 12.4 Å². The summed E-state index contributed by atoms with van der Waals surface area (Å²) in [6, 6.07) is 18.1. The molecule has 0 aliphatic carbocycles. The van der Waals surface area contributed by atoms with Crippen molar-refractivity contribution in [3.63, 3.8) is 0 Å². The molecule has 0 saturated heterocycles. The molecule has 0 saturated carbocycles. The Morgan fingerprint density at radius 1 is 1.06 bits per heavy atom. The average Bonchev–Trinajstić information content (AvgIpc) is 2.86. The molecule has 10 heteroatoms. The van der Waals surface area contributed by atoms with E-state index in [2.05, 4.69) is 5.32 Å². The molecule has 170 valence electrons. The van der Waals surface area contributed by atoms with Gasteiger partial charge in [0, 0.05) is 22.9 Å². The quantitative estimate of drug-likeness (QED) is 0.168. The van der Waals surface area contributed by atoms with Crippen molar-refractivity contribution in [2.24, 2.45) is 0 Å². The van der Waals surface area contributed by atoms with Crippen LogP contribution in [0.15, 0.2) is 71.6 Å². The maximum absolute atomic E-state index is 13.0. The fraction of sp³-hybridized carbons (Fsp3) is 0.0833. The van der Waals surface area contributed by atoms with Crippen LogP contribution in [0.25, 0.3) is 0 Å². The minimum absolute atomic E-state index is 0.0131. The third-order valence-corrected chi connectivity index (χ3v) is 5.42. The SMILES string of the molecule is CSc1ccc(C(=O)c2ccccc2C(=O)OCC(=O)Nc2cccc(C#N)c2)cc1[N+](=O)[O-]. The Morgan fingerprint density at radius 3 is 2.47 bits per heavy atom. The number of hydrogen-bond acceptors (Lipinski definition) is 8. The number of rotatable bonds is 8. The molecular formula is C24H17N3O6S. The van der Waals surface area contributed by atoms with Crippen molar-refractivity contribution in [2.45, 2.75) is 4.90 Å². The highest BCUT2D eigenvalue weighted by Gasteiger charge is 2.23. The van der Waals surface area contributed by atoms with Crippen molar-refractivity contribution in [2.75, 3.05) is 18.2 Å². The molecule has 0 aliphatic rings. The number of amides is 1. The zero-order chi connectivity index (χ0) is 24.7. The van der Waals surface area contributed by atoms with Crippen LogP contribution in [-0.4, -0.2) is 35.4 Å². The second-order valence-electron chi connectivity index (χ2n) is 6.84. The Balaban J connectivity index is 1.75. The average molecular weight is 475 g/mol. The number of nitriles is 1. The van der Waals surface area contributed by atoms with Crippen LogP contribution in [0, 0.1) is 21.4 Å². The van der Waals surface area contributed by atoms with Crippen LogP contribution in [-0.2, 0) is 9.53 Å². The van der Waals surface area contributed by atoms with Crippen LogP contribution in [0.3, 0.4) is 0 Å². The van der Waals surface area contributed by atoms with Gasteiger partial charge in [0.2, 0.25) is 0 Å². The third kappa shape index (κ3) is 5.65. The topological polar surface area (TPSA) is 139 Å². The molecule has 0 fully saturated rings. The summed E-state index contributed by atoms with van der Waals surface area (Å²) >= 11 is 1.18. The highest BCUT2D eigenvalue weighted by molar-refractivity contribution is 7.98. The van der Waals surface area contributed by atoms with E-state index >= 15 is 0 Å². The highest BCUT2D eigenvalue weighted by Crippen LogP contribution is 2.29. The monoisotopic (exact) mass is 475 g/mol. The Bertz CT molecular complexity index is 1330. The minimum Gasteiger partial charge on any atom is -0.452 e. The second-order valence-corrected chi connectivity index (χ2v) is 7.68. The van der Waals surface area contributed by atoms with Gasteiger partial charge in [0.1, 0.15) is 0 Å². The first-order chi connectivity index (χ1) is 16.3. The predicted octanol–water partition coefficient (Wildman–Crippen LogP) is 4.21. The number of nitrogens with one attached hydrogen (secondary N) is 1. The van der Waals surface area contributed by atoms with Gasteiger partial charge in [-0.05, 0) is 42.7 Å². The molecule has 3 aromatic carbocycles. The number of benzene rings is 3. The summed E-state index contributed by atoms with van der Waals surface area (Å²) in [7, 11) is 0. The highest BCUT2D eigenvalue weighted by atomic mass is 32.2. The van der Waals surface area contributed by atoms with E-state index < -0.39 is 29.2 Å². The van der Waals surface area contributed by atoms with Gasteiger partial charge in [-0.3, -0.25) is 19.7 Å². The van der Waals surface area contributed by atoms with E-state index in [1.165, 1.54) is 54.2 Å². The molecule has 3 aromatic rings. The van der Waals surface area contributed by atoms with Crippen LogP contribution in [0.4, 0.5) is 11.4 Å². The lowest BCUT2D eigenvalue weighted by atomic mass is 9.98. The number of anilines is 1. The molecule has 9 nitrogen and oxygen atoms in total. The molecule has 0 atom stereocenters. The first kappa shape index (κ1) is 24.2. The van der Waals surface area contributed by atoms with E-state index in [9.17, 15) is 24.5 Å². The summed E-state index contributed by atoms with van der Waals surface area (Å²) in [5, 5.41) is 22.8. The van der Waals surface area contributed by atoms with E-state index in [1.807, 2.05) is 6.07 Å². The van der Waals surface area contributed by atoms with E-state index in [0.29, 0.717) is 16.1 Å². The Kier molecular flexibility index (Phi) is 7.74. The molecule has 1 N–H and O–H groups in total. The Labute approximate surface area is 198 Å². The van der Waals surface area contributed by atoms with Gasteiger partial charge in [0.05, 0.1) is 27.0 Å². The van der Waals surface area contributed by atoms with Crippen molar-refractivity contribution in [3.05, 3.63) is 99.1 Å². The zero-order valence-corrected chi connectivity index (χ0v) is 18.6. The molecular weight excluding hydrogens is 458 g/mol. The van der Waals surface area contributed by atoms with Crippen LogP contribution in [0.5, 0.6) is 0 Å². The second kappa shape index (κ2) is 10.9. The largest absolute Gasteiger partial charge is 0.452 e. The van der Waals surface area contributed by atoms with Crippen LogP contribution in [0.2, 0.25) is 0 Å². The van der Waals surface area contributed by atoms with Gasteiger partial charge in [-0.1, -0.05) is 24.3 Å². The normalized spacial score (nSPS) is 10.1. The molecule has 3 rings (SSSR count). The minimum atomic E-state index is -0.903. The summed E-state index contributed by atoms with van der Waals surface area (Å²) in [4.78, 5) is 49.0. The molecule has 0 heterocycles. The number of nitrogens with zero attached hydrogens (tertiary/aromatic N) is 2. The third-order valence-electron chi connectivity index (χ3n) is 4.64. The molecule has 0 unspecified atom stereocenters. The van der Waals surface area contributed by atoms with E-state index in [4.69, 9.17) is 10.00 Å². The van der Waals surface area contributed by atoms with Gasteiger partial charge in [-0.25, -0.2) is 4.79 Å². The van der Waals surface area contributed by atoms with Crippen molar-refractivity contribution in [1.29, 1.82) is 5.26 Å². The number of hydrogen-bond donors (Lipinski definition) is 1. The predicted molar refractivity (Wildman–Crippen MR) is 125 cm³/mol. The number of ketones is 1. The lowest BCUT2D eigenvalue weighted by Gasteiger charge is -2.10. The van der Waals surface area contributed by atoms with Crippen LogP contribution in [0.1, 0.15) is 31.8 Å². The zero-order valence-electron chi connectivity index (χ0n) is 17.8. The molecule has 0 aliphatic heterocycles. The fourth-order valence-electron chi connectivity index (χ4n) is 3.06. The van der Waals surface area contributed by atoms with E-state index in [0.717, 1.165) is 0 Å². The molecule has 0 spiro atoms. The van der Waals surface area contributed by atoms with Crippen LogP contribution < -0.4 is 5.32 Å². The first-order valence-electron chi connectivity index (χ1n) is 9.77. The van der Waals surface area contributed by atoms with Crippen molar-refractivity contribution < 1.29 is 24.0 Å². The van der Waals surface area contributed by atoms with E-state index in [-0.39, 0.29) is 22.4 Å². The number of ether oxygens (including phenoxy) is 1. The standard InChI is InChI=1S/C24H17N3O6S/c1-34-21-10-9-16(12-20(21)27(31)32)23(29)18-7-2-3-8-19(18)24(30)33-14-22(28)26-17-6-4-5-15(11-17)13-25/h2-12H,14H2,1H3,(H,26,28). The summed E-state index contributed by atoms with van der Waals surface area (Å²) in [5.74, 6) is -2.13. The van der Waals surface area contributed by atoms with Gasteiger partial charge in [-0.2, -0.15) is 5.26 Å². The maximum atomic E-state index is 13.0. The molecule has 1 amide bonds.